The van der Waals surface area contributed by atoms with E-state index >= 15 is 0 Å². The van der Waals surface area contributed by atoms with Gasteiger partial charge in [0.15, 0.2) is 0 Å². The van der Waals surface area contributed by atoms with Gasteiger partial charge in [-0.2, -0.15) is 47.5 Å². The second-order valence-corrected chi connectivity index (χ2v) is 41.3. The Balaban J connectivity index is 0.000000238. The summed E-state index contributed by atoms with van der Waals surface area (Å²) in [4.78, 5) is 0. The smallest absolute Gasteiger partial charge is 0.0129 e. The maximum Gasteiger partial charge on any atom is -0.0129 e. The van der Waals surface area contributed by atoms with Crippen molar-refractivity contribution in [3.8, 4) is 22.3 Å². The summed E-state index contributed by atoms with van der Waals surface area (Å²) in [6.07, 6.45) is 22.0. The maximum atomic E-state index is 3.90. The largest absolute Gasteiger partial charge is 1.00 e. The van der Waals surface area contributed by atoms with Gasteiger partial charge < -0.3 is 24.8 Å². The molecule has 8 aromatic carbocycles. The van der Waals surface area contributed by atoms with Crippen molar-refractivity contribution in [2.45, 2.75) is 235 Å². The molecule has 0 spiro atoms. The molecular weight excluding hydrogens is 1700 g/mol. The van der Waals surface area contributed by atoms with Crippen LogP contribution in [-0.4, -0.2) is 6.41 Å². The van der Waals surface area contributed by atoms with Gasteiger partial charge in [-0.1, -0.05) is 212 Å². The number of halogens is 6. The number of hydrogen-bond acceptors (Lipinski definition) is 0. The molecule has 12 rings (SSSR count). The average Bonchev–Trinajstić information content (AvgIpc) is 1.57. The van der Waals surface area contributed by atoms with Crippen molar-refractivity contribution in [1.82, 2.24) is 0 Å². The second kappa shape index (κ2) is 36.3. The molecule has 0 heterocycles. The van der Waals surface area contributed by atoms with Crippen LogP contribution in [-0.2, 0) is 105 Å². The van der Waals surface area contributed by atoms with Gasteiger partial charge in [0.05, 0.1) is 0 Å². The summed E-state index contributed by atoms with van der Waals surface area (Å²) in [5.74, 6) is 0. The van der Waals surface area contributed by atoms with Gasteiger partial charge in [-0.3, -0.25) is 12.2 Å². The van der Waals surface area contributed by atoms with Crippen molar-refractivity contribution in [3.05, 3.63) is 301 Å². The van der Waals surface area contributed by atoms with Crippen LogP contribution in [0.3, 0.4) is 0 Å². The van der Waals surface area contributed by atoms with Crippen LogP contribution in [0.1, 0.15) is 268 Å². The monoisotopic (exact) mass is 1800 g/mol. The fourth-order valence-electron chi connectivity index (χ4n) is 12.7. The Labute approximate surface area is 694 Å². The van der Waals surface area contributed by atoms with Crippen molar-refractivity contribution in [2.75, 3.05) is 0 Å². The van der Waals surface area contributed by atoms with Crippen LogP contribution in [0, 0.1) is 24.3 Å². The molecule has 8 aromatic rings. The first-order chi connectivity index (χ1) is 46.1. The zero-order valence-electron chi connectivity index (χ0n) is 65.3. The van der Waals surface area contributed by atoms with E-state index in [1.807, 2.05) is 24.3 Å². The third-order valence-electron chi connectivity index (χ3n) is 18.2. The molecule has 0 nitrogen and oxygen atoms in total. The molecule has 0 radical (unpaired) electrons. The zero-order chi connectivity index (χ0) is 74.5. The van der Waals surface area contributed by atoms with Gasteiger partial charge in [0.1, 0.15) is 0 Å². The van der Waals surface area contributed by atoms with Crippen molar-refractivity contribution in [1.29, 1.82) is 0 Å². The van der Waals surface area contributed by atoms with Crippen molar-refractivity contribution < 1.29 is 73.3 Å². The maximum absolute atomic E-state index is 3.90. The van der Waals surface area contributed by atoms with E-state index in [1.165, 1.54) is 166 Å². The van der Waals surface area contributed by atoms with Gasteiger partial charge in [-0.15, -0.1) is 46.2 Å². The molecule has 0 fully saturated rings. The molecular formula is C94H108Br4Cl2Zr2-2. The molecule has 8 heteroatoms. The van der Waals surface area contributed by atoms with E-state index in [0.717, 1.165) is 43.6 Å². The van der Waals surface area contributed by atoms with E-state index in [1.54, 1.807) is 0 Å². The van der Waals surface area contributed by atoms with Crippen molar-refractivity contribution >= 4 is 70.1 Å². The van der Waals surface area contributed by atoms with E-state index in [0.29, 0.717) is 0 Å². The number of hydrogen-bond donors (Lipinski definition) is 0. The zero-order valence-corrected chi connectivity index (χ0v) is 78.0. The third-order valence-corrected chi connectivity index (χ3v) is 23.1. The minimum Gasteiger partial charge on any atom is -1.00 e. The van der Waals surface area contributed by atoms with Crippen LogP contribution >= 0.6 is 63.7 Å². The Hall–Kier alpha value is -3.27. The van der Waals surface area contributed by atoms with E-state index in [2.05, 4.69) is 400 Å². The molecule has 0 N–H and O–H groups in total. The van der Waals surface area contributed by atoms with Crippen LogP contribution in [0.25, 0.3) is 22.3 Å². The van der Waals surface area contributed by atoms with Crippen LogP contribution in [0.5, 0.6) is 0 Å². The molecule has 0 bridgehead atoms. The standard InChI is InChI=1S/2C29H41.2C13H8Br2.2C5H5.2ClH.2Zr/c2*1-26(2,3)22-14-18-13-19-15-23(27(4,5)6)25(29(10,11)12)17-21(19)20(18)16-24(22)28(7,8)9;2*14-12-5-1-10(2-6-12)9-11-3-7-13(15)8-4-11;2*1-2-4-5-3-1;;;;/h2*14,16-17H,13H2,1-12H3;2*1-8H;2*1-3H,4H2;2*1H;;/q2*-1;;;2*-1;;;2*+2/p-2. The summed E-state index contributed by atoms with van der Waals surface area (Å²) in [5.41, 5.74) is 29.1. The summed E-state index contributed by atoms with van der Waals surface area (Å²) in [5, 5.41) is 0. The number of fused-ring (bicyclic) bond motifs is 6. The molecule has 4 aliphatic carbocycles. The Kier molecular flexibility index (Phi) is 31.8. The van der Waals surface area contributed by atoms with Gasteiger partial charge >= 0.3 is 256 Å². The molecule has 536 valence electrons. The van der Waals surface area contributed by atoms with E-state index in [-0.39, 0.29) is 68.1 Å². The average molecular weight is 1810 g/mol. The van der Waals surface area contributed by atoms with Gasteiger partial charge in [0, 0.05) is 0 Å². The molecule has 102 heavy (non-hydrogen) atoms. The predicted molar refractivity (Wildman–Crippen MR) is 443 cm³/mol. The number of rotatable bonds is 4. The van der Waals surface area contributed by atoms with Crippen LogP contribution < -0.4 is 24.8 Å². The summed E-state index contributed by atoms with van der Waals surface area (Å²) >= 11 is 16.7. The van der Waals surface area contributed by atoms with E-state index in [9.17, 15) is 0 Å². The number of allylic oxidation sites excluding steroid dienone is 8. The van der Waals surface area contributed by atoms with Crippen LogP contribution in [0.15, 0.2) is 188 Å². The summed E-state index contributed by atoms with van der Waals surface area (Å²) in [6.45, 7) is 56.0. The fraction of sp³-hybridized carbons (Fsp3) is 0.383. The van der Waals surface area contributed by atoms with Gasteiger partial charge in [0.2, 0.25) is 0 Å². The molecule has 0 unspecified atom stereocenters. The van der Waals surface area contributed by atoms with E-state index < -0.39 is 0 Å². The second-order valence-electron chi connectivity index (χ2n) is 35.1. The van der Waals surface area contributed by atoms with Gasteiger partial charge in [0.25, 0.3) is 0 Å². The molecule has 0 atom stereocenters. The first-order valence-corrected chi connectivity index (χ1v) is 41.0. The Morgan fingerprint density at radius 2 is 0.529 bits per heavy atom. The van der Waals surface area contributed by atoms with Gasteiger partial charge in [-0.05, 0) is 78.7 Å². The fourth-order valence-corrected chi connectivity index (χ4v) is 15.4. The van der Waals surface area contributed by atoms with Crippen molar-refractivity contribution in [2.24, 2.45) is 0 Å². The summed E-state index contributed by atoms with van der Waals surface area (Å²) < 4.78 is 7.25. The van der Waals surface area contributed by atoms with Crippen LogP contribution in [0.4, 0.5) is 0 Å². The SMILES string of the molecule is Brc1ccc([C](=[Zr+2])c2ccc(Br)cc2)cc1.Brc1ccc([C](=[Zr+2])c2ccc(Br)cc2)cc1.CC(C)(C)c1[c-]c2c(cc1C(C)(C)C)-c1cc(C(C)(C)C)c(C(C)(C)C)cc1C2.CC(C)(C)c1[c-]c2c(cc1C(C)(C)C)-c1cc(C(C)(C)C)c(C(C)(C)C)cc1C2.[C-]1=CC=CC1.[C-]1=CC=CC1.[Cl-].[Cl-]. The third kappa shape index (κ3) is 24.4. The minimum absolute atomic E-state index is 0. The molecule has 0 amide bonds. The Morgan fingerprint density at radius 1 is 0.304 bits per heavy atom. The van der Waals surface area contributed by atoms with E-state index in [4.69, 9.17) is 0 Å². The van der Waals surface area contributed by atoms with Gasteiger partial charge in [-0.25, -0.2) is 24.3 Å². The van der Waals surface area contributed by atoms with Crippen molar-refractivity contribution in [3.63, 3.8) is 0 Å². The molecule has 0 aliphatic heterocycles. The first kappa shape index (κ1) is 89.3. The molecule has 0 saturated carbocycles. The summed E-state index contributed by atoms with van der Waals surface area (Å²) in [6, 6.07) is 56.6. The minimum atomic E-state index is 0. The Bertz CT molecular complexity index is 3780. The molecule has 4 aliphatic rings. The first-order valence-electron chi connectivity index (χ1n) is 35.4. The predicted octanol–water partition coefficient (Wildman–Crippen LogP) is 21.8. The number of benzene rings is 8. The molecule has 0 aromatic heterocycles. The quantitative estimate of drug-likeness (QED) is 0.154. The Morgan fingerprint density at radius 3 is 0.716 bits per heavy atom. The van der Waals surface area contributed by atoms with Crippen LogP contribution in [0.2, 0.25) is 0 Å². The molecule has 0 saturated heterocycles. The topological polar surface area (TPSA) is 0 Å². The summed E-state index contributed by atoms with van der Waals surface area (Å²) in [7, 11) is 0. The normalized spacial score (nSPS) is 13.3.